The van der Waals surface area contributed by atoms with Gasteiger partial charge in [0.2, 0.25) is 0 Å². The molecular weight excluding hydrogens is 416 g/mol. The summed E-state index contributed by atoms with van der Waals surface area (Å²) in [6.45, 7) is 0.126. The van der Waals surface area contributed by atoms with Crippen molar-refractivity contribution in [2.24, 2.45) is 5.41 Å². The van der Waals surface area contributed by atoms with Gasteiger partial charge in [-0.05, 0) is 47.6 Å². The molecule has 1 aromatic carbocycles. The van der Waals surface area contributed by atoms with Crippen molar-refractivity contribution < 1.29 is 14.7 Å². The summed E-state index contributed by atoms with van der Waals surface area (Å²) in [5.41, 5.74) is -0.452. The number of benzene rings is 1. The Kier molecular flexibility index (Phi) is 4.81. The van der Waals surface area contributed by atoms with Crippen LogP contribution in [-0.2, 0) is 4.79 Å². The Labute approximate surface area is 140 Å². The summed E-state index contributed by atoms with van der Waals surface area (Å²) in [6.07, 6.45) is 2.06. The van der Waals surface area contributed by atoms with E-state index in [9.17, 15) is 14.7 Å². The smallest absolute Gasteiger partial charge is 0.311 e. The van der Waals surface area contributed by atoms with Crippen LogP contribution in [0.4, 0.5) is 0 Å². The lowest BCUT2D eigenvalue weighted by molar-refractivity contribution is -0.153. The fourth-order valence-corrected chi connectivity index (χ4v) is 3.19. The molecule has 1 fully saturated rings. The van der Waals surface area contributed by atoms with Gasteiger partial charge in [0.15, 0.2) is 0 Å². The molecule has 1 amide bonds. The van der Waals surface area contributed by atoms with E-state index in [1.165, 1.54) is 6.07 Å². The van der Waals surface area contributed by atoms with Crippen molar-refractivity contribution in [2.45, 2.75) is 19.3 Å². The predicted molar refractivity (Wildman–Crippen MR) is 85.4 cm³/mol. The highest BCUT2D eigenvalue weighted by molar-refractivity contribution is 14.1. The minimum atomic E-state index is -0.858. The van der Waals surface area contributed by atoms with Crippen LogP contribution in [0.1, 0.15) is 29.6 Å². The number of amides is 1. The molecule has 1 aliphatic carbocycles. The third-order valence-corrected chi connectivity index (χ3v) is 5.59. The summed E-state index contributed by atoms with van der Waals surface area (Å²) < 4.78 is 0.601. The second-order valence-corrected chi connectivity index (χ2v) is 6.79. The molecule has 1 saturated carbocycles. The molecule has 2 N–H and O–H groups in total. The number of halogens is 3. The quantitative estimate of drug-likeness (QED) is 0.570. The highest BCUT2D eigenvalue weighted by Crippen LogP contribution is 2.40. The topological polar surface area (TPSA) is 66.4 Å². The van der Waals surface area contributed by atoms with Crippen LogP contribution in [0.2, 0.25) is 10.0 Å². The minimum Gasteiger partial charge on any atom is -0.481 e. The number of carbonyl (C=O) groups is 2. The monoisotopic (exact) mass is 427 g/mol. The van der Waals surface area contributed by atoms with Crippen LogP contribution in [0, 0.1) is 8.99 Å². The molecule has 4 nitrogen and oxygen atoms in total. The Hall–Kier alpha value is -0.530. The molecule has 0 saturated heterocycles. The molecule has 0 unspecified atom stereocenters. The number of carboxylic acids is 1. The SMILES string of the molecule is O=C(NCC1(C(=O)O)CCC1)c1cc(Cl)cc(Cl)c1I. The normalized spacial score (nSPS) is 16.4. The van der Waals surface area contributed by atoms with E-state index in [4.69, 9.17) is 23.2 Å². The molecule has 0 bridgehead atoms. The van der Waals surface area contributed by atoms with Crippen molar-refractivity contribution in [1.29, 1.82) is 0 Å². The number of hydrogen-bond donors (Lipinski definition) is 2. The number of aliphatic carboxylic acids is 1. The Bertz CT molecular complexity index is 573. The molecule has 0 aliphatic heterocycles. The maximum Gasteiger partial charge on any atom is 0.311 e. The van der Waals surface area contributed by atoms with Gasteiger partial charge < -0.3 is 10.4 Å². The minimum absolute atomic E-state index is 0.126. The number of carboxylic acid groups (broad SMARTS) is 1. The van der Waals surface area contributed by atoms with Crippen LogP contribution in [0.3, 0.4) is 0 Å². The Morgan fingerprint density at radius 3 is 2.50 bits per heavy atom. The molecule has 1 aromatic rings. The first-order valence-corrected chi connectivity index (χ1v) is 7.85. The molecule has 1 aliphatic rings. The summed E-state index contributed by atoms with van der Waals surface area (Å²) in [5, 5.41) is 12.7. The first kappa shape index (κ1) is 15.9. The van der Waals surface area contributed by atoms with E-state index in [1.54, 1.807) is 6.07 Å². The molecule has 0 aromatic heterocycles. The van der Waals surface area contributed by atoms with Crippen LogP contribution in [0.15, 0.2) is 12.1 Å². The van der Waals surface area contributed by atoms with Crippen LogP contribution in [0.25, 0.3) is 0 Å². The van der Waals surface area contributed by atoms with Gasteiger partial charge in [0, 0.05) is 15.1 Å². The van der Waals surface area contributed by atoms with E-state index in [2.05, 4.69) is 5.32 Å². The molecule has 0 heterocycles. The van der Waals surface area contributed by atoms with Gasteiger partial charge in [0.05, 0.1) is 16.0 Å². The molecule has 108 valence electrons. The lowest BCUT2D eigenvalue weighted by atomic mass is 9.69. The van der Waals surface area contributed by atoms with Crippen molar-refractivity contribution in [3.8, 4) is 0 Å². The van der Waals surface area contributed by atoms with Crippen molar-refractivity contribution in [2.75, 3.05) is 6.54 Å². The highest BCUT2D eigenvalue weighted by Gasteiger charge is 2.44. The summed E-state index contributed by atoms with van der Waals surface area (Å²) in [5.74, 6) is -1.21. The lowest BCUT2D eigenvalue weighted by Crippen LogP contribution is -2.47. The molecule has 0 spiro atoms. The van der Waals surface area contributed by atoms with E-state index in [-0.39, 0.29) is 12.5 Å². The zero-order chi connectivity index (χ0) is 14.9. The first-order chi connectivity index (χ1) is 9.35. The maximum atomic E-state index is 12.2. The van der Waals surface area contributed by atoms with E-state index in [1.807, 2.05) is 22.6 Å². The second-order valence-electron chi connectivity index (χ2n) is 4.87. The molecule has 7 heteroatoms. The summed E-state index contributed by atoms with van der Waals surface area (Å²) in [7, 11) is 0. The second kappa shape index (κ2) is 6.07. The number of hydrogen-bond acceptors (Lipinski definition) is 2. The summed E-state index contributed by atoms with van der Waals surface area (Å²) in [4.78, 5) is 23.4. The fourth-order valence-electron chi connectivity index (χ4n) is 2.14. The van der Waals surface area contributed by atoms with Crippen molar-refractivity contribution in [3.63, 3.8) is 0 Å². The highest BCUT2D eigenvalue weighted by atomic mass is 127. The average Bonchev–Trinajstić information content (AvgIpc) is 2.31. The average molecular weight is 428 g/mol. The van der Waals surface area contributed by atoms with Gasteiger partial charge in [-0.25, -0.2) is 0 Å². The van der Waals surface area contributed by atoms with Gasteiger partial charge in [0.1, 0.15) is 0 Å². The van der Waals surface area contributed by atoms with Gasteiger partial charge in [-0.3, -0.25) is 9.59 Å². The van der Waals surface area contributed by atoms with Crippen molar-refractivity contribution >= 4 is 57.7 Å². The van der Waals surface area contributed by atoms with Crippen LogP contribution in [0.5, 0.6) is 0 Å². The van der Waals surface area contributed by atoms with Gasteiger partial charge in [-0.15, -0.1) is 0 Å². The molecule has 0 radical (unpaired) electrons. The Balaban J connectivity index is 2.11. The number of carbonyl (C=O) groups excluding carboxylic acids is 1. The molecule has 0 atom stereocenters. The summed E-state index contributed by atoms with van der Waals surface area (Å²) in [6, 6.07) is 3.09. The standard InChI is InChI=1S/C13H12Cl2INO3/c14-7-4-8(10(16)9(15)5-7)11(18)17-6-13(12(19)20)2-1-3-13/h4-5H,1-3,6H2,(H,17,18)(H,19,20). The third kappa shape index (κ3) is 3.04. The zero-order valence-corrected chi connectivity index (χ0v) is 14.1. The number of rotatable bonds is 4. The van der Waals surface area contributed by atoms with Crippen molar-refractivity contribution in [1.82, 2.24) is 5.32 Å². The maximum absolute atomic E-state index is 12.2. The van der Waals surface area contributed by atoms with Gasteiger partial charge in [-0.1, -0.05) is 29.6 Å². The van der Waals surface area contributed by atoms with E-state index < -0.39 is 11.4 Å². The zero-order valence-electron chi connectivity index (χ0n) is 10.4. The van der Waals surface area contributed by atoms with E-state index in [0.717, 1.165) is 6.42 Å². The van der Waals surface area contributed by atoms with Crippen LogP contribution < -0.4 is 5.32 Å². The molecule has 2 rings (SSSR count). The predicted octanol–water partition coefficient (Wildman–Crippen LogP) is 3.58. The summed E-state index contributed by atoms with van der Waals surface area (Å²) >= 11 is 13.8. The lowest BCUT2D eigenvalue weighted by Gasteiger charge is -2.37. The van der Waals surface area contributed by atoms with Gasteiger partial charge in [-0.2, -0.15) is 0 Å². The van der Waals surface area contributed by atoms with Gasteiger partial charge >= 0.3 is 5.97 Å². The van der Waals surface area contributed by atoms with E-state index in [0.29, 0.717) is 32.0 Å². The first-order valence-electron chi connectivity index (χ1n) is 6.02. The van der Waals surface area contributed by atoms with E-state index >= 15 is 0 Å². The number of nitrogens with one attached hydrogen (secondary N) is 1. The van der Waals surface area contributed by atoms with Gasteiger partial charge in [0.25, 0.3) is 5.91 Å². The Morgan fingerprint density at radius 1 is 1.35 bits per heavy atom. The Morgan fingerprint density at radius 2 is 2.00 bits per heavy atom. The third-order valence-electron chi connectivity index (χ3n) is 3.59. The van der Waals surface area contributed by atoms with Crippen LogP contribution in [-0.4, -0.2) is 23.5 Å². The molecule has 20 heavy (non-hydrogen) atoms. The largest absolute Gasteiger partial charge is 0.481 e. The molecular formula is C13H12Cl2INO3. The van der Waals surface area contributed by atoms with Crippen LogP contribution >= 0.6 is 45.8 Å². The fraction of sp³-hybridized carbons (Fsp3) is 0.385. The van der Waals surface area contributed by atoms with Crippen molar-refractivity contribution in [3.05, 3.63) is 31.3 Å².